The molecule has 1 aliphatic heterocycles. The average Bonchev–Trinajstić information content (AvgIpc) is 3.19. The summed E-state index contributed by atoms with van der Waals surface area (Å²) < 4.78 is 47.6. The van der Waals surface area contributed by atoms with Crippen molar-refractivity contribution in [2.24, 2.45) is 5.92 Å². The fourth-order valence-electron chi connectivity index (χ4n) is 3.82. The molecular weight excluding hydrogens is 432 g/mol. The van der Waals surface area contributed by atoms with Crippen molar-refractivity contribution in [3.63, 3.8) is 0 Å². The molecule has 0 radical (unpaired) electrons. The third kappa shape index (κ3) is 3.73. The fourth-order valence-corrected chi connectivity index (χ4v) is 5.92. The van der Waals surface area contributed by atoms with Gasteiger partial charge in [0.2, 0.25) is 0 Å². The Balaban J connectivity index is 1.42. The summed E-state index contributed by atoms with van der Waals surface area (Å²) in [6.07, 6.45) is -0.166. The van der Waals surface area contributed by atoms with Crippen molar-refractivity contribution in [2.75, 3.05) is 29.5 Å². The third-order valence-corrected chi connectivity index (χ3v) is 8.34. The molecule has 3 aromatic rings. The summed E-state index contributed by atoms with van der Waals surface area (Å²) in [5.74, 6) is -2.71. The summed E-state index contributed by atoms with van der Waals surface area (Å²) in [6, 6.07) is 11.4. The van der Waals surface area contributed by atoms with E-state index in [4.69, 9.17) is 0 Å². The van der Waals surface area contributed by atoms with Crippen LogP contribution in [-0.2, 0) is 6.54 Å². The molecule has 2 aliphatic rings. The number of pyridine rings is 1. The summed E-state index contributed by atoms with van der Waals surface area (Å²) in [7, 11) is -2.46. The molecular formula is C20H21F2N3O3S2. The van der Waals surface area contributed by atoms with E-state index in [0.717, 1.165) is 22.6 Å². The molecule has 1 saturated carbocycles. The number of nitrogens with zero attached hydrogens (tertiary/aromatic N) is 3. The number of aromatic nitrogens is 2. The van der Waals surface area contributed by atoms with Crippen LogP contribution in [0.3, 0.4) is 0 Å². The maximum absolute atomic E-state index is 13.3. The number of hydrogen-bond acceptors (Lipinski definition) is 6. The first-order chi connectivity index (χ1) is 14.2. The second kappa shape index (κ2) is 7.01. The van der Waals surface area contributed by atoms with E-state index >= 15 is 0 Å². The highest BCUT2D eigenvalue weighted by Crippen LogP contribution is 2.49. The van der Waals surface area contributed by atoms with Crippen LogP contribution >= 0.6 is 21.9 Å². The lowest BCUT2D eigenvalue weighted by atomic mass is 10.1. The molecule has 1 aliphatic carbocycles. The highest BCUT2D eigenvalue weighted by Gasteiger charge is 2.56. The summed E-state index contributed by atoms with van der Waals surface area (Å²) in [5, 5.41) is 0. The zero-order valence-corrected chi connectivity index (χ0v) is 17.6. The maximum atomic E-state index is 13.3. The number of rotatable bonds is 4. The van der Waals surface area contributed by atoms with Crippen molar-refractivity contribution < 1.29 is 17.9 Å². The molecule has 1 saturated heterocycles. The molecule has 1 atom stereocenters. The van der Waals surface area contributed by atoms with Crippen molar-refractivity contribution in [2.45, 2.75) is 18.9 Å². The monoisotopic (exact) mass is 453 g/mol. The molecule has 30 heavy (non-hydrogen) atoms. The predicted molar refractivity (Wildman–Crippen MR) is 117 cm³/mol. The zero-order valence-electron chi connectivity index (χ0n) is 16.0. The molecule has 0 bridgehead atoms. The van der Waals surface area contributed by atoms with Gasteiger partial charge in [-0.2, -0.15) is 10.6 Å². The molecule has 2 N–H and O–H groups in total. The van der Waals surface area contributed by atoms with E-state index in [0.29, 0.717) is 40.6 Å². The third-order valence-electron chi connectivity index (χ3n) is 5.78. The van der Waals surface area contributed by atoms with Crippen molar-refractivity contribution in [3.8, 4) is 11.3 Å². The molecule has 0 spiro atoms. The Labute approximate surface area is 177 Å². The molecule has 5 rings (SSSR count). The second-order valence-electron chi connectivity index (χ2n) is 7.91. The van der Waals surface area contributed by atoms with Gasteiger partial charge in [-0.05, 0) is 24.3 Å². The normalized spacial score (nSPS) is 23.5. The Morgan fingerprint density at radius 2 is 1.93 bits per heavy atom. The van der Waals surface area contributed by atoms with Gasteiger partial charge in [0.15, 0.2) is 0 Å². The van der Waals surface area contributed by atoms with Gasteiger partial charge in [-0.15, -0.1) is 0 Å². The van der Waals surface area contributed by atoms with E-state index in [2.05, 4.69) is 9.88 Å². The molecule has 0 amide bonds. The predicted octanol–water partition coefficient (Wildman–Crippen LogP) is 4.35. The van der Waals surface area contributed by atoms with E-state index in [1.54, 1.807) is 6.07 Å². The number of benzene rings is 1. The van der Waals surface area contributed by atoms with Crippen LogP contribution < -0.4 is 9.77 Å². The zero-order chi connectivity index (χ0) is 21.1. The quantitative estimate of drug-likeness (QED) is 0.614. The summed E-state index contributed by atoms with van der Waals surface area (Å²) in [5.41, 5.74) is 3.16. The summed E-state index contributed by atoms with van der Waals surface area (Å²) >= 11 is 0.978. The molecule has 2 fully saturated rings. The Bertz CT molecular complexity index is 1170. The van der Waals surface area contributed by atoms with E-state index in [1.807, 2.05) is 30.3 Å². The van der Waals surface area contributed by atoms with E-state index in [-0.39, 0.29) is 17.8 Å². The molecule has 1 unspecified atom stereocenters. The van der Waals surface area contributed by atoms with Gasteiger partial charge in [-0.3, -0.25) is 18.5 Å². The molecule has 10 heteroatoms. The van der Waals surface area contributed by atoms with Crippen molar-refractivity contribution in [1.29, 1.82) is 0 Å². The minimum absolute atomic E-state index is 0.0243. The van der Waals surface area contributed by atoms with E-state index in [9.17, 15) is 22.7 Å². The Hall–Kier alpha value is -2.01. The highest BCUT2D eigenvalue weighted by atomic mass is 32.3. The average molecular weight is 454 g/mol. The first-order valence-corrected chi connectivity index (χ1v) is 12.4. The largest absolute Gasteiger partial charge is 0.368 e. The minimum atomic E-state index is -2.66. The Morgan fingerprint density at radius 3 is 2.63 bits per heavy atom. The van der Waals surface area contributed by atoms with Crippen LogP contribution in [0, 0.1) is 5.92 Å². The fraction of sp³-hybridized carbons (Fsp3) is 0.400. The summed E-state index contributed by atoms with van der Waals surface area (Å²) in [4.78, 5) is 19.3. The Morgan fingerprint density at radius 1 is 1.20 bits per heavy atom. The van der Waals surface area contributed by atoms with E-state index in [1.165, 1.54) is 4.57 Å². The first kappa shape index (κ1) is 19.9. The highest BCUT2D eigenvalue weighted by molar-refractivity contribution is 8.24. The number of thiazole rings is 1. The van der Waals surface area contributed by atoms with Crippen molar-refractivity contribution in [3.05, 3.63) is 46.1 Å². The van der Waals surface area contributed by atoms with Crippen LogP contribution in [0.5, 0.6) is 0 Å². The molecule has 3 heterocycles. The standard InChI is InChI=1S/C20H21F2N3O3S2/c21-20(22)11-14(20)12-25-17-5-4-16(23-18(17)29-19(25)26)13-2-1-3-15(10-13)24-6-8-30(27,28)9-7-24/h1-5,10,14,27-28H,6-9,11-12H2. The van der Waals surface area contributed by atoms with Crippen LogP contribution in [-0.4, -0.2) is 49.2 Å². The SMILES string of the molecule is O=c1sc2nc(-c3cccc(N4CCS(O)(O)CC4)c3)ccc2n1CC1CC1(F)F. The molecule has 6 nitrogen and oxygen atoms in total. The van der Waals surface area contributed by atoms with Gasteiger partial charge in [0, 0.05) is 43.2 Å². The van der Waals surface area contributed by atoms with Gasteiger partial charge < -0.3 is 4.90 Å². The van der Waals surface area contributed by atoms with Gasteiger partial charge in [-0.25, -0.2) is 13.8 Å². The maximum Gasteiger partial charge on any atom is 0.309 e. The van der Waals surface area contributed by atoms with Gasteiger partial charge in [-0.1, -0.05) is 23.5 Å². The Kier molecular flexibility index (Phi) is 4.66. The number of halogens is 2. The second-order valence-corrected chi connectivity index (χ2v) is 11.3. The van der Waals surface area contributed by atoms with Gasteiger partial charge >= 0.3 is 4.87 Å². The van der Waals surface area contributed by atoms with E-state index < -0.39 is 22.4 Å². The first-order valence-electron chi connectivity index (χ1n) is 9.69. The van der Waals surface area contributed by atoms with Gasteiger partial charge in [0.25, 0.3) is 5.92 Å². The molecule has 160 valence electrons. The summed E-state index contributed by atoms with van der Waals surface area (Å²) in [6.45, 7) is 1.18. The lowest BCUT2D eigenvalue weighted by molar-refractivity contribution is 0.0952. The topological polar surface area (TPSA) is 78.6 Å². The number of fused-ring (bicyclic) bond motifs is 1. The van der Waals surface area contributed by atoms with Crippen molar-refractivity contribution in [1.82, 2.24) is 9.55 Å². The van der Waals surface area contributed by atoms with Crippen LogP contribution in [0.2, 0.25) is 0 Å². The number of anilines is 1. The molecule has 1 aromatic carbocycles. The van der Waals surface area contributed by atoms with Crippen molar-refractivity contribution >= 4 is 38.0 Å². The van der Waals surface area contributed by atoms with Crippen LogP contribution in [0.25, 0.3) is 21.6 Å². The number of alkyl halides is 2. The minimum Gasteiger partial charge on any atom is -0.368 e. The smallest absolute Gasteiger partial charge is 0.309 e. The van der Waals surface area contributed by atoms with Crippen LogP contribution in [0.15, 0.2) is 41.2 Å². The molecule has 2 aromatic heterocycles. The van der Waals surface area contributed by atoms with Crippen LogP contribution in [0.4, 0.5) is 14.5 Å². The van der Waals surface area contributed by atoms with Crippen LogP contribution in [0.1, 0.15) is 6.42 Å². The lowest BCUT2D eigenvalue weighted by Gasteiger charge is -2.42. The lowest BCUT2D eigenvalue weighted by Crippen LogP contribution is -2.38. The number of hydrogen-bond donors (Lipinski definition) is 2. The van der Waals surface area contributed by atoms with Gasteiger partial charge in [0.1, 0.15) is 4.83 Å². The van der Waals surface area contributed by atoms with Gasteiger partial charge in [0.05, 0.1) is 22.7 Å².